The fourth-order valence-corrected chi connectivity index (χ4v) is 2.28. The number of anilines is 1. The van der Waals surface area contributed by atoms with E-state index in [-0.39, 0.29) is 0 Å². The molecule has 0 saturated carbocycles. The first-order valence-electron chi connectivity index (χ1n) is 6.74. The highest BCUT2D eigenvalue weighted by molar-refractivity contribution is 6.30. The van der Waals surface area contributed by atoms with Crippen LogP contribution in [0.1, 0.15) is 32.6 Å². The molecule has 1 aromatic rings. The molecule has 0 N–H and O–H groups in total. The van der Waals surface area contributed by atoms with E-state index >= 15 is 0 Å². The van der Waals surface area contributed by atoms with Crippen LogP contribution in [0.5, 0.6) is 0 Å². The largest absolute Gasteiger partial charge is 0.358 e. The second-order valence-corrected chi connectivity index (χ2v) is 5.20. The second kappa shape index (κ2) is 6.69. The van der Waals surface area contributed by atoms with E-state index in [1.165, 1.54) is 31.4 Å². The minimum atomic E-state index is 0.790. The quantitative estimate of drug-likeness (QED) is 0.700. The van der Waals surface area contributed by atoms with Crippen molar-refractivity contribution < 1.29 is 0 Å². The maximum Gasteiger partial charge on any atom is 0.0941 e. The maximum absolute atomic E-state index is 5.90. The Kier molecular flexibility index (Phi) is 4.94. The smallest absolute Gasteiger partial charge is 0.0941 e. The molecule has 1 aliphatic rings. The van der Waals surface area contributed by atoms with Crippen molar-refractivity contribution in [1.82, 2.24) is 4.90 Å². The molecule has 0 spiro atoms. The maximum atomic E-state index is 5.90. The van der Waals surface area contributed by atoms with Gasteiger partial charge in [-0.3, -0.25) is 0 Å². The first-order chi connectivity index (χ1) is 8.79. The summed E-state index contributed by atoms with van der Waals surface area (Å²) in [7, 11) is 0. The van der Waals surface area contributed by atoms with Gasteiger partial charge in [0.15, 0.2) is 0 Å². The van der Waals surface area contributed by atoms with Crippen molar-refractivity contribution >= 4 is 17.3 Å². The van der Waals surface area contributed by atoms with Crippen LogP contribution in [-0.4, -0.2) is 18.1 Å². The van der Waals surface area contributed by atoms with Gasteiger partial charge < -0.3 is 9.80 Å². The Labute approximate surface area is 115 Å². The lowest BCUT2D eigenvalue weighted by molar-refractivity contribution is 0.390. The van der Waals surface area contributed by atoms with Crippen LogP contribution in [0.25, 0.3) is 0 Å². The van der Waals surface area contributed by atoms with Crippen LogP contribution < -0.4 is 4.90 Å². The van der Waals surface area contributed by atoms with Gasteiger partial charge in [0.2, 0.25) is 0 Å². The standard InChI is InChI=1S/C15H21ClN2/c1-2-3-4-5-10-17-11-12-18(13-17)15-8-6-14(16)7-9-15/h6-9,11-12H,2-5,10,13H2,1H3. The highest BCUT2D eigenvalue weighted by atomic mass is 35.5. The first kappa shape index (κ1) is 13.3. The lowest BCUT2D eigenvalue weighted by Crippen LogP contribution is -2.25. The summed E-state index contributed by atoms with van der Waals surface area (Å²) >= 11 is 5.90. The molecule has 1 aromatic carbocycles. The van der Waals surface area contributed by atoms with Crippen molar-refractivity contribution in [3.63, 3.8) is 0 Å². The van der Waals surface area contributed by atoms with Gasteiger partial charge in [-0.2, -0.15) is 0 Å². The predicted octanol–water partition coefficient (Wildman–Crippen LogP) is 4.47. The van der Waals surface area contributed by atoms with Crippen molar-refractivity contribution in [2.24, 2.45) is 0 Å². The summed E-state index contributed by atoms with van der Waals surface area (Å²) < 4.78 is 0. The van der Waals surface area contributed by atoms with Crippen molar-refractivity contribution in [2.75, 3.05) is 18.1 Å². The molecule has 2 rings (SSSR count). The summed E-state index contributed by atoms with van der Waals surface area (Å²) in [6, 6.07) is 8.00. The van der Waals surface area contributed by atoms with Gasteiger partial charge in [0.25, 0.3) is 0 Å². The minimum absolute atomic E-state index is 0.790. The van der Waals surface area contributed by atoms with E-state index in [9.17, 15) is 0 Å². The molecule has 1 heterocycles. The molecule has 1 aliphatic heterocycles. The number of hydrogen-bond acceptors (Lipinski definition) is 2. The summed E-state index contributed by atoms with van der Waals surface area (Å²) in [5.41, 5.74) is 1.20. The van der Waals surface area contributed by atoms with Crippen molar-refractivity contribution in [2.45, 2.75) is 32.6 Å². The predicted molar refractivity (Wildman–Crippen MR) is 78.8 cm³/mol. The van der Waals surface area contributed by atoms with E-state index in [1.54, 1.807) is 0 Å². The van der Waals surface area contributed by atoms with Crippen LogP contribution >= 0.6 is 11.6 Å². The summed E-state index contributed by atoms with van der Waals surface area (Å²) in [5.74, 6) is 0. The molecule has 0 aliphatic carbocycles. The summed E-state index contributed by atoms with van der Waals surface area (Å²) in [4.78, 5) is 4.61. The number of nitrogens with zero attached hydrogens (tertiary/aromatic N) is 2. The third kappa shape index (κ3) is 3.67. The average molecular weight is 265 g/mol. The Morgan fingerprint density at radius 2 is 1.83 bits per heavy atom. The van der Waals surface area contributed by atoms with E-state index in [2.05, 4.69) is 41.3 Å². The molecule has 0 aromatic heterocycles. The number of hydrogen-bond donors (Lipinski definition) is 0. The Balaban J connectivity index is 1.78. The zero-order valence-electron chi connectivity index (χ0n) is 11.0. The first-order valence-corrected chi connectivity index (χ1v) is 7.12. The van der Waals surface area contributed by atoms with Gasteiger partial charge in [-0.05, 0) is 30.7 Å². The Hall–Kier alpha value is -1.15. The highest BCUT2D eigenvalue weighted by Gasteiger charge is 2.12. The van der Waals surface area contributed by atoms with Gasteiger partial charge in [0.1, 0.15) is 0 Å². The molecule has 0 atom stereocenters. The average Bonchev–Trinajstić information content (AvgIpc) is 2.84. The summed E-state index contributed by atoms with van der Waals surface area (Å²) in [5, 5.41) is 0.790. The monoisotopic (exact) mass is 264 g/mol. The topological polar surface area (TPSA) is 6.48 Å². The van der Waals surface area contributed by atoms with Crippen LogP contribution in [0.4, 0.5) is 5.69 Å². The zero-order chi connectivity index (χ0) is 12.8. The lowest BCUT2D eigenvalue weighted by Gasteiger charge is -2.21. The van der Waals surface area contributed by atoms with Gasteiger partial charge in [-0.1, -0.05) is 37.8 Å². The van der Waals surface area contributed by atoms with Crippen LogP contribution in [0.15, 0.2) is 36.7 Å². The van der Waals surface area contributed by atoms with Gasteiger partial charge in [-0.25, -0.2) is 0 Å². The van der Waals surface area contributed by atoms with Crippen molar-refractivity contribution in [1.29, 1.82) is 0 Å². The third-order valence-electron chi connectivity index (χ3n) is 3.25. The van der Waals surface area contributed by atoms with Gasteiger partial charge >= 0.3 is 0 Å². The number of unbranched alkanes of at least 4 members (excludes halogenated alkanes) is 3. The van der Waals surface area contributed by atoms with E-state index in [1.807, 2.05) is 12.1 Å². The fourth-order valence-electron chi connectivity index (χ4n) is 2.15. The SMILES string of the molecule is CCCCCCN1C=CN(c2ccc(Cl)cc2)C1. The fraction of sp³-hybridized carbons (Fsp3) is 0.467. The van der Waals surface area contributed by atoms with Crippen LogP contribution in [0, 0.1) is 0 Å². The lowest BCUT2D eigenvalue weighted by atomic mass is 10.2. The molecule has 0 bridgehead atoms. The Morgan fingerprint density at radius 1 is 1.06 bits per heavy atom. The molecule has 98 valence electrons. The second-order valence-electron chi connectivity index (χ2n) is 4.76. The van der Waals surface area contributed by atoms with Crippen LogP contribution in [-0.2, 0) is 0 Å². The minimum Gasteiger partial charge on any atom is -0.358 e. The van der Waals surface area contributed by atoms with E-state index < -0.39 is 0 Å². The molecule has 0 unspecified atom stereocenters. The summed E-state index contributed by atoms with van der Waals surface area (Å²) in [6.45, 7) is 4.35. The molecule has 0 fully saturated rings. The third-order valence-corrected chi connectivity index (χ3v) is 3.50. The summed E-state index contributed by atoms with van der Waals surface area (Å²) in [6.07, 6.45) is 9.59. The van der Waals surface area contributed by atoms with Gasteiger partial charge in [0.05, 0.1) is 6.67 Å². The van der Waals surface area contributed by atoms with E-state index in [0.29, 0.717) is 0 Å². The molecule has 0 amide bonds. The normalized spacial score (nSPS) is 14.6. The van der Waals surface area contributed by atoms with E-state index in [4.69, 9.17) is 11.6 Å². The molecule has 18 heavy (non-hydrogen) atoms. The zero-order valence-corrected chi connectivity index (χ0v) is 11.7. The van der Waals surface area contributed by atoms with Gasteiger partial charge in [0, 0.05) is 29.7 Å². The van der Waals surface area contributed by atoms with E-state index in [0.717, 1.165) is 18.2 Å². The van der Waals surface area contributed by atoms with Crippen molar-refractivity contribution in [3.05, 3.63) is 41.7 Å². The van der Waals surface area contributed by atoms with Gasteiger partial charge in [-0.15, -0.1) is 0 Å². The molecule has 0 saturated heterocycles. The molecular weight excluding hydrogens is 244 g/mol. The molecule has 2 nitrogen and oxygen atoms in total. The number of halogens is 1. The molecular formula is C15H21ClN2. The Morgan fingerprint density at radius 3 is 2.56 bits per heavy atom. The van der Waals surface area contributed by atoms with Crippen LogP contribution in [0.3, 0.4) is 0 Å². The highest BCUT2D eigenvalue weighted by Crippen LogP contribution is 2.21. The Bertz CT molecular complexity index is 386. The molecule has 3 heteroatoms. The van der Waals surface area contributed by atoms with Crippen LogP contribution in [0.2, 0.25) is 5.02 Å². The molecule has 0 radical (unpaired) electrons. The number of benzene rings is 1. The number of rotatable bonds is 6. The van der Waals surface area contributed by atoms with Crippen molar-refractivity contribution in [3.8, 4) is 0 Å².